The molecule has 0 fully saturated rings. The van der Waals surface area contributed by atoms with Crippen LogP contribution in [0.25, 0.3) is 10.9 Å². The zero-order chi connectivity index (χ0) is 15.9. The molecule has 2 heterocycles. The lowest BCUT2D eigenvalue weighted by Crippen LogP contribution is -2.24. The Bertz CT molecular complexity index is 829. The third-order valence-electron chi connectivity index (χ3n) is 3.06. The molecular weight excluding hydrogens is 292 g/mol. The monoisotopic (exact) mass is 306 g/mol. The van der Waals surface area contributed by atoms with E-state index >= 15 is 0 Å². The first-order valence-corrected chi connectivity index (χ1v) is 7.01. The number of nitrogens with zero attached hydrogens (tertiary/aromatic N) is 3. The number of aromatic nitrogens is 2. The molecule has 2 aromatic heterocycles. The van der Waals surface area contributed by atoms with E-state index in [4.69, 9.17) is 4.74 Å². The number of hydrogen-bond donors (Lipinski definition) is 1. The van der Waals surface area contributed by atoms with Gasteiger partial charge in [0.05, 0.1) is 6.21 Å². The van der Waals surface area contributed by atoms with Crippen LogP contribution in [0, 0.1) is 0 Å². The van der Waals surface area contributed by atoms with Gasteiger partial charge in [-0.2, -0.15) is 5.10 Å². The van der Waals surface area contributed by atoms with E-state index in [0.717, 1.165) is 16.5 Å². The first kappa shape index (κ1) is 14.6. The van der Waals surface area contributed by atoms with Crippen LogP contribution in [0.1, 0.15) is 5.56 Å². The van der Waals surface area contributed by atoms with Crippen LogP contribution in [0.3, 0.4) is 0 Å². The van der Waals surface area contributed by atoms with Gasteiger partial charge in [-0.1, -0.05) is 18.2 Å². The van der Waals surface area contributed by atoms with Crippen molar-refractivity contribution in [2.24, 2.45) is 5.10 Å². The number of hydrogen-bond acceptors (Lipinski definition) is 5. The summed E-state index contributed by atoms with van der Waals surface area (Å²) in [4.78, 5) is 19.9. The second kappa shape index (κ2) is 7.13. The minimum Gasteiger partial charge on any atom is -0.481 e. The van der Waals surface area contributed by atoms with Gasteiger partial charge in [0, 0.05) is 24.0 Å². The number of amides is 1. The molecule has 0 aliphatic heterocycles. The van der Waals surface area contributed by atoms with Gasteiger partial charge in [-0.25, -0.2) is 5.43 Å². The Balaban J connectivity index is 1.57. The summed E-state index contributed by atoms with van der Waals surface area (Å²) in [7, 11) is 0. The van der Waals surface area contributed by atoms with Crippen molar-refractivity contribution in [3.05, 3.63) is 66.6 Å². The van der Waals surface area contributed by atoms with Gasteiger partial charge in [0.15, 0.2) is 6.61 Å². The van der Waals surface area contributed by atoms with Crippen LogP contribution in [-0.2, 0) is 4.79 Å². The van der Waals surface area contributed by atoms with Crippen molar-refractivity contribution in [1.29, 1.82) is 0 Å². The number of ether oxygens (including phenoxy) is 1. The smallest absolute Gasteiger partial charge is 0.277 e. The molecule has 0 spiro atoms. The fourth-order valence-electron chi connectivity index (χ4n) is 2.00. The van der Waals surface area contributed by atoms with Gasteiger partial charge in [0.25, 0.3) is 5.91 Å². The van der Waals surface area contributed by atoms with Crippen LogP contribution in [0.5, 0.6) is 5.75 Å². The topological polar surface area (TPSA) is 76.5 Å². The van der Waals surface area contributed by atoms with Crippen molar-refractivity contribution < 1.29 is 9.53 Å². The van der Waals surface area contributed by atoms with Gasteiger partial charge in [-0.15, -0.1) is 0 Å². The summed E-state index contributed by atoms with van der Waals surface area (Å²) in [5.41, 5.74) is 3.99. The molecule has 3 rings (SSSR count). The number of benzene rings is 1. The third kappa shape index (κ3) is 3.88. The van der Waals surface area contributed by atoms with Crippen molar-refractivity contribution in [3.8, 4) is 5.75 Å². The molecule has 1 aromatic carbocycles. The highest BCUT2D eigenvalue weighted by Gasteiger charge is 2.05. The molecule has 0 bridgehead atoms. The summed E-state index contributed by atoms with van der Waals surface area (Å²) in [5, 5.41) is 4.83. The number of carbonyl (C=O) groups is 1. The predicted molar refractivity (Wildman–Crippen MR) is 87.2 cm³/mol. The molecule has 0 atom stereocenters. The first-order chi connectivity index (χ1) is 11.3. The van der Waals surface area contributed by atoms with Crippen molar-refractivity contribution in [2.45, 2.75) is 0 Å². The molecule has 1 amide bonds. The molecule has 0 unspecified atom stereocenters. The summed E-state index contributed by atoms with van der Waals surface area (Å²) in [5.74, 6) is 0.222. The second-order valence-electron chi connectivity index (χ2n) is 4.69. The molecule has 0 aliphatic carbocycles. The van der Waals surface area contributed by atoms with Gasteiger partial charge in [0.2, 0.25) is 0 Å². The molecule has 1 N–H and O–H groups in total. The molecule has 23 heavy (non-hydrogen) atoms. The summed E-state index contributed by atoms with van der Waals surface area (Å²) < 4.78 is 5.53. The lowest BCUT2D eigenvalue weighted by Gasteiger charge is -2.07. The van der Waals surface area contributed by atoms with E-state index < -0.39 is 0 Å². The first-order valence-electron chi connectivity index (χ1n) is 7.01. The van der Waals surface area contributed by atoms with Crippen molar-refractivity contribution in [3.63, 3.8) is 0 Å². The van der Waals surface area contributed by atoms with Crippen LogP contribution in [0.4, 0.5) is 0 Å². The summed E-state index contributed by atoms with van der Waals surface area (Å²) >= 11 is 0. The number of fused-ring (bicyclic) bond motifs is 1. The maximum absolute atomic E-state index is 11.8. The molecular formula is C17H14N4O2. The Kier molecular flexibility index (Phi) is 4.54. The normalized spacial score (nSPS) is 10.8. The fourth-order valence-corrected chi connectivity index (χ4v) is 2.00. The molecule has 0 saturated heterocycles. The Morgan fingerprint density at radius 3 is 2.83 bits per heavy atom. The maximum Gasteiger partial charge on any atom is 0.277 e. The molecule has 0 aliphatic rings. The Morgan fingerprint density at radius 1 is 1.13 bits per heavy atom. The Hall–Kier alpha value is -3.28. The Morgan fingerprint density at radius 2 is 1.96 bits per heavy atom. The van der Waals surface area contributed by atoms with Crippen LogP contribution in [0.15, 0.2) is 66.2 Å². The zero-order valence-electron chi connectivity index (χ0n) is 12.2. The maximum atomic E-state index is 11.8. The second-order valence-corrected chi connectivity index (χ2v) is 4.69. The molecule has 114 valence electrons. The van der Waals surface area contributed by atoms with E-state index in [1.54, 1.807) is 43.0 Å². The average Bonchev–Trinajstić information content (AvgIpc) is 2.61. The quantitative estimate of drug-likeness (QED) is 0.579. The van der Waals surface area contributed by atoms with E-state index in [1.807, 2.05) is 24.3 Å². The number of nitrogens with one attached hydrogen (secondary N) is 1. The van der Waals surface area contributed by atoms with Gasteiger partial charge in [-0.05, 0) is 29.8 Å². The third-order valence-corrected chi connectivity index (χ3v) is 3.06. The lowest BCUT2D eigenvalue weighted by atomic mass is 10.2. The number of rotatable bonds is 5. The van der Waals surface area contributed by atoms with Gasteiger partial charge in [0.1, 0.15) is 11.3 Å². The van der Waals surface area contributed by atoms with Gasteiger partial charge < -0.3 is 4.74 Å². The molecule has 0 saturated carbocycles. The summed E-state index contributed by atoms with van der Waals surface area (Å²) in [6.07, 6.45) is 6.53. The van der Waals surface area contributed by atoms with E-state index in [0.29, 0.717) is 5.75 Å². The average molecular weight is 306 g/mol. The summed E-state index contributed by atoms with van der Waals surface area (Å²) in [6.45, 7) is -0.136. The van der Waals surface area contributed by atoms with Crippen LogP contribution in [0.2, 0.25) is 0 Å². The van der Waals surface area contributed by atoms with E-state index in [9.17, 15) is 4.79 Å². The highest BCUT2D eigenvalue weighted by Crippen LogP contribution is 2.22. The molecule has 6 nitrogen and oxygen atoms in total. The van der Waals surface area contributed by atoms with Crippen molar-refractivity contribution in [2.75, 3.05) is 6.61 Å². The number of hydrazone groups is 1. The van der Waals surface area contributed by atoms with Crippen molar-refractivity contribution >= 4 is 23.0 Å². The largest absolute Gasteiger partial charge is 0.481 e. The number of pyridine rings is 2. The summed E-state index contributed by atoms with van der Waals surface area (Å²) in [6, 6.07) is 12.9. The minimum atomic E-state index is -0.344. The minimum absolute atomic E-state index is 0.136. The lowest BCUT2D eigenvalue weighted by molar-refractivity contribution is -0.123. The number of para-hydroxylation sites is 1. The van der Waals surface area contributed by atoms with E-state index in [1.165, 1.54) is 0 Å². The fraction of sp³-hybridized carbons (Fsp3) is 0.0588. The van der Waals surface area contributed by atoms with E-state index in [-0.39, 0.29) is 12.5 Å². The zero-order valence-corrected chi connectivity index (χ0v) is 12.2. The number of carbonyl (C=O) groups excluding carboxylic acids is 1. The SMILES string of the molecule is O=C(COc1cccc2cccnc12)N/N=C/c1ccncc1. The molecule has 0 radical (unpaired) electrons. The van der Waals surface area contributed by atoms with Gasteiger partial charge >= 0.3 is 0 Å². The van der Waals surface area contributed by atoms with Crippen LogP contribution < -0.4 is 10.2 Å². The van der Waals surface area contributed by atoms with Crippen molar-refractivity contribution in [1.82, 2.24) is 15.4 Å². The highest BCUT2D eigenvalue weighted by atomic mass is 16.5. The van der Waals surface area contributed by atoms with E-state index in [2.05, 4.69) is 20.5 Å². The Labute approximate surface area is 132 Å². The van der Waals surface area contributed by atoms with Crippen LogP contribution in [-0.4, -0.2) is 28.7 Å². The highest BCUT2D eigenvalue weighted by molar-refractivity contribution is 5.85. The van der Waals surface area contributed by atoms with Crippen LogP contribution >= 0.6 is 0 Å². The molecule has 6 heteroatoms. The standard InChI is InChI=1S/C17H14N4O2/c22-16(21-20-11-13-6-9-18-10-7-13)12-23-15-5-1-3-14-4-2-8-19-17(14)15/h1-11H,12H2,(H,21,22)/b20-11+. The van der Waals surface area contributed by atoms with Gasteiger partial charge in [-0.3, -0.25) is 14.8 Å². The predicted octanol–water partition coefficient (Wildman–Crippen LogP) is 2.16. The molecule has 3 aromatic rings.